The van der Waals surface area contributed by atoms with Crippen molar-refractivity contribution < 1.29 is 8.42 Å². The second-order valence-corrected chi connectivity index (χ2v) is 7.24. The second-order valence-electron chi connectivity index (χ2n) is 4.08. The Morgan fingerprint density at radius 1 is 1.40 bits per heavy atom. The van der Waals surface area contributed by atoms with Gasteiger partial charge >= 0.3 is 0 Å². The number of likely N-dealkylation sites (N-methyl/N-ethyl adjacent to an activating group) is 1. The van der Waals surface area contributed by atoms with E-state index in [0.717, 1.165) is 24.4 Å². The van der Waals surface area contributed by atoms with Gasteiger partial charge in [-0.3, -0.25) is 5.10 Å². The van der Waals surface area contributed by atoms with Crippen molar-refractivity contribution in [1.82, 2.24) is 25.2 Å². The molecular formula is C11H17N5O2S2. The molecule has 0 saturated carbocycles. The number of rotatable bonds is 8. The standard InChI is InChI=1S/C11H17N5O2S2/c1-2-12-6-5-9-3-4-11(19-9)20(17,18)15-7-10-13-8-14-16-10/h3-4,8,12,15H,2,5-7H2,1H3,(H,13,14,16). The Hall–Kier alpha value is -1.29. The van der Waals surface area contributed by atoms with E-state index in [4.69, 9.17) is 0 Å². The Labute approximate surface area is 121 Å². The lowest BCUT2D eigenvalue weighted by Gasteiger charge is -2.02. The minimum Gasteiger partial charge on any atom is -0.317 e. The molecule has 0 spiro atoms. The summed E-state index contributed by atoms with van der Waals surface area (Å²) in [6.07, 6.45) is 2.17. The molecule has 0 atom stereocenters. The fraction of sp³-hybridized carbons (Fsp3) is 0.455. The van der Waals surface area contributed by atoms with Crippen LogP contribution in [0.1, 0.15) is 17.6 Å². The number of aromatic amines is 1. The van der Waals surface area contributed by atoms with Crippen LogP contribution in [-0.2, 0) is 23.0 Å². The van der Waals surface area contributed by atoms with E-state index in [2.05, 4.69) is 25.2 Å². The van der Waals surface area contributed by atoms with Crippen LogP contribution < -0.4 is 10.0 Å². The van der Waals surface area contributed by atoms with Gasteiger partial charge in [-0.1, -0.05) is 6.92 Å². The van der Waals surface area contributed by atoms with Crippen LogP contribution in [0.3, 0.4) is 0 Å². The van der Waals surface area contributed by atoms with E-state index in [0.29, 0.717) is 10.0 Å². The van der Waals surface area contributed by atoms with Gasteiger partial charge < -0.3 is 5.32 Å². The Kier molecular flexibility index (Phi) is 5.24. The minimum atomic E-state index is -3.49. The predicted molar refractivity (Wildman–Crippen MR) is 77.0 cm³/mol. The third kappa shape index (κ3) is 4.10. The molecule has 0 saturated heterocycles. The molecule has 0 aliphatic heterocycles. The van der Waals surface area contributed by atoms with E-state index in [9.17, 15) is 8.42 Å². The third-order valence-corrected chi connectivity index (χ3v) is 5.63. The summed E-state index contributed by atoms with van der Waals surface area (Å²) >= 11 is 1.29. The fourth-order valence-electron chi connectivity index (χ4n) is 1.58. The van der Waals surface area contributed by atoms with Crippen LogP contribution in [0.25, 0.3) is 0 Å². The van der Waals surface area contributed by atoms with E-state index in [1.165, 1.54) is 17.7 Å². The lowest BCUT2D eigenvalue weighted by Crippen LogP contribution is -2.23. The number of nitrogens with one attached hydrogen (secondary N) is 3. The lowest BCUT2D eigenvalue weighted by atomic mass is 10.3. The van der Waals surface area contributed by atoms with Gasteiger partial charge in [0.05, 0.1) is 6.54 Å². The molecule has 0 radical (unpaired) electrons. The van der Waals surface area contributed by atoms with Gasteiger partial charge in [-0.05, 0) is 31.6 Å². The van der Waals surface area contributed by atoms with Gasteiger partial charge in [0.2, 0.25) is 10.0 Å². The van der Waals surface area contributed by atoms with Crippen LogP contribution in [0, 0.1) is 0 Å². The summed E-state index contributed by atoms with van der Waals surface area (Å²) in [5.41, 5.74) is 0. The number of H-pyrrole nitrogens is 1. The molecule has 0 amide bonds. The number of hydrogen-bond acceptors (Lipinski definition) is 6. The van der Waals surface area contributed by atoms with Crippen molar-refractivity contribution in [3.63, 3.8) is 0 Å². The van der Waals surface area contributed by atoms with E-state index in [1.807, 2.05) is 13.0 Å². The largest absolute Gasteiger partial charge is 0.317 e. The van der Waals surface area contributed by atoms with Gasteiger partial charge in [-0.15, -0.1) is 11.3 Å². The number of sulfonamides is 1. The number of thiophene rings is 1. The topological polar surface area (TPSA) is 99.8 Å². The molecule has 2 aromatic heterocycles. The van der Waals surface area contributed by atoms with Crippen molar-refractivity contribution in [3.05, 3.63) is 29.2 Å². The van der Waals surface area contributed by atoms with Crippen LogP contribution in [0.15, 0.2) is 22.7 Å². The second kappa shape index (κ2) is 6.93. The van der Waals surface area contributed by atoms with Crippen molar-refractivity contribution in [1.29, 1.82) is 0 Å². The number of nitrogens with zero attached hydrogens (tertiary/aromatic N) is 2. The maximum atomic E-state index is 12.1. The monoisotopic (exact) mass is 315 g/mol. The van der Waals surface area contributed by atoms with Crippen molar-refractivity contribution in [2.24, 2.45) is 0 Å². The summed E-state index contributed by atoms with van der Waals surface area (Å²) in [7, 11) is -3.49. The zero-order chi connectivity index (χ0) is 14.4. The van der Waals surface area contributed by atoms with Crippen molar-refractivity contribution in [2.75, 3.05) is 13.1 Å². The highest BCUT2D eigenvalue weighted by Gasteiger charge is 2.16. The molecule has 110 valence electrons. The Morgan fingerprint density at radius 2 is 2.25 bits per heavy atom. The van der Waals surface area contributed by atoms with Gasteiger partial charge in [0.1, 0.15) is 16.4 Å². The summed E-state index contributed by atoms with van der Waals surface area (Å²) in [5, 5.41) is 9.48. The summed E-state index contributed by atoms with van der Waals surface area (Å²) in [4.78, 5) is 4.92. The Bertz CT molecular complexity index is 621. The maximum absolute atomic E-state index is 12.1. The van der Waals surface area contributed by atoms with Gasteiger partial charge in [0.25, 0.3) is 0 Å². The molecule has 0 unspecified atom stereocenters. The lowest BCUT2D eigenvalue weighted by molar-refractivity contribution is 0.581. The molecular weight excluding hydrogens is 298 g/mol. The fourth-order valence-corrected chi connectivity index (χ4v) is 3.96. The normalized spacial score (nSPS) is 11.8. The molecule has 2 aromatic rings. The minimum absolute atomic E-state index is 0.104. The quantitative estimate of drug-likeness (QED) is 0.616. The van der Waals surface area contributed by atoms with Crippen molar-refractivity contribution in [3.8, 4) is 0 Å². The van der Waals surface area contributed by atoms with Crippen LogP contribution in [0.2, 0.25) is 0 Å². The van der Waals surface area contributed by atoms with Gasteiger partial charge in [-0.25, -0.2) is 18.1 Å². The van der Waals surface area contributed by atoms with E-state index in [-0.39, 0.29) is 6.54 Å². The summed E-state index contributed by atoms with van der Waals surface area (Å²) in [6.45, 7) is 3.90. The maximum Gasteiger partial charge on any atom is 0.250 e. The zero-order valence-corrected chi connectivity index (χ0v) is 12.7. The van der Waals surface area contributed by atoms with Crippen molar-refractivity contribution in [2.45, 2.75) is 24.1 Å². The number of aromatic nitrogens is 3. The molecule has 0 bridgehead atoms. The molecule has 2 heterocycles. The molecule has 0 aliphatic carbocycles. The summed E-state index contributed by atoms with van der Waals surface area (Å²) in [6, 6.07) is 3.49. The van der Waals surface area contributed by atoms with E-state index in [1.54, 1.807) is 6.07 Å². The molecule has 7 nitrogen and oxygen atoms in total. The first-order valence-electron chi connectivity index (χ1n) is 6.25. The zero-order valence-electron chi connectivity index (χ0n) is 11.1. The smallest absolute Gasteiger partial charge is 0.250 e. The highest BCUT2D eigenvalue weighted by molar-refractivity contribution is 7.91. The van der Waals surface area contributed by atoms with E-state index < -0.39 is 10.0 Å². The first-order chi connectivity index (χ1) is 9.62. The van der Waals surface area contributed by atoms with Crippen molar-refractivity contribution >= 4 is 21.4 Å². The Balaban J connectivity index is 1.95. The highest BCUT2D eigenvalue weighted by Crippen LogP contribution is 2.21. The molecule has 9 heteroatoms. The molecule has 3 N–H and O–H groups in total. The molecule has 20 heavy (non-hydrogen) atoms. The molecule has 0 fully saturated rings. The van der Waals surface area contributed by atoms with Crippen LogP contribution in [0.5, 0.6) is 0 Å². The SMILES string of the molecule is CCNCCc1ccc(S(=O)(=O)NCc2ncn[nH]2)s1. The first-order valence-corrected chi connectivity index (χ1v) is 8.55. The average Bonchev–Trinajstić information content (AvgIpc) is 3.08. The van der Waals surface area contributed by atoms with Crippen LogP contribution >= 0.6 is 11.3 Å². The Morgan fingerprint density at radius 3 is 2.95 bits per heavy atom. The van der Waals surface area contributed by atoms with E-state index >= 15 is 0 Å². The summed E-state index contributed by atoms with van der Waals surface area (Å²) < 4.78 is 27.0. The van der Waals surface area contributed by atoms with Gasteiger partial charge in [0.15, 0.2) is 0 Å². The first kappa shape index (κ1) is 15.1. The third-order valence-electron chi connectivity index (χ3n) is 2.59. The van der Waals surface area contributed by atoms with Crippen LogP contribution in [0.4, 0.5) is 0 Å². The molecule has 0 aliphatic rings. The van der Waals surface area contributed by atoms with Crippen LogP contribution in [-0.4, -0.2) is 36.7 Å². The highest BCUT2D eigenvalue weighted by atomic mass is 32.2. The number of hydrogen-bond donors (Lipinski definition) is 3. The van der Waals surface area contributed by atoms with Gasteiger partial charge in [0, 0.05) is 4.88 Å². The average molecular weight is 315 g/mol. The molecule has 2 rings (SSSR count). The summed E-state index contributed by atoms with van der Waals surface area (Å²) in [5.74, 6) is 0.484. The predicted octanol–water partition coefficient (Wildman–Crippen LogP) is 0.497. The molecule has 0 aromatic carbocycles. The van der Waals surface area contributed by atoms with Gasteiger partial charge in [-0.2, -0.15) is 5.10 Å².